The maximum Gasteiger partial charge on any atom is 0.220 e. The molecule has 2 aliphatic rings. The number of likely N-dealkylation sites (tertiary alicyclic amines) is 1. The average molecular weight is 360 g/mol. The molecule has 2 atom stereocenters. The highest BCUT2D eigenvalue weighted by molar-refractivity contribution is 5.98. The minimum atomic E-state index is 0.157. The zero-order chi connectivity index (χ0) is 19.1. The molecule has 1 fully saturated rings. The van der Waals surface area contributed by atoms with Crippen LogP contribution in [0.25, 0.3) is 0 Å². The fraction of sp³-hybridized carbons (Fsp3) is 0.650. The molecule has 0 saturated carbocycles. The molecule has 6 nitrogen and oxygen atoms in total. The summed E-state index contributed by atoms with van der Waals surface area (Å²) in [6.45, 7) is 11.1. The summed E-state index contributed by atoms with van der Waals surface area (Å²) in [5, 5.41) is 3.09. The lowest BCUT2D eigenvalue weighted by Crippen LogP contribution is -2.57. The molecular weight excluding hydrogens is 326 g/mol. The molecule has 3 heterocycles. The van der Waals surface area contributed by atoms with Crippen LogP contribution in [-0.2, 0) is 4.79 Å². The highest BCUT2D eigenvalue weighted by atomic mass is 16.1. The Balaban J connectivity index is 0.00000117. The van der Waals surface area contributed by atoms with E-state index in [1.807, 2.05) is 32.0 Å². The fourth-order valence-electron chi connectivity index (χ4n) is 3.35. The van der Waals surface area contributed by atoms with Crippen LogP contribution in [-0.4, -0.2) is 71.3 Å². The van der Waals surface area contributed by atoms with E-state index in [0.717, 1.165) is 37.6 Å². The Morgan fingerprint density at radius 2 is 2.00 bits per heavy atom. The van der Waals surface area contributed by atoms with Crippen LogP contribution in [0, 0.1) is 0 Å². The molecule has 0 aromatic carbocycles. The van der Waals surface area contributed by atoms with Crippen molar-refractivity contribution in [2.24, 2.45) is 4.99 Å². The zero-order valence-electron chi connectivity index (χ0n) is 16.8. The van der Waals surface area contributed by atoms with Gasteiger partial charge in [0, 0.05) is 38.3 Å². The molecule has 26 heavy (non-hydrogen) atoms. The van der Waals surface area contributed by atoms with Crippen molar-refractivity contribution in [2.45, 2.75) is 58.7 Å². The molecule has 1 N–H and O–H groups in total. The molecule has 6 heteroatoms. The van der Waals surface area contributed by atoms with Gasteiger partial charge < -0.3 is 15.1 Å². The second-order valence-electron chi connectivity index (χ2n) is 6.93. The number of nitrogens with one attached hydrogen (secondary N) is 1. The predicted molar refractivity (Wildman–Crippen MR) is 106 cm³/mol. The Hall–Kier alpha value is -1.95. The number of carbonyl (C=O) groups excluding carboxylic acids is 1. The van der Waals surface area contributed by atoms with Crippen LogP contribution in [0.15, 0.2) is 29.4 Å². The Morgan fingerprint density at radius 1 is 1.27 bits per heavy atom. The number of pyridine rings is 1. The van der Waals surface area contributed by atoms with E-state index < -0.39 is 0 Å². The van der Waals surface area contributed by atoms with Gasteiger partial charge in [-0.3, -0.25) is 14.8 Å². The smallest absolute Gasteiger partial charge is 0.220 e. The van der Waals surface area contributed by atoms with Crippen molar-refractivity contribution in [2.75, 3.05) is 26.7 Å². The van der Waals surface area contributed by atoms with Gasteiger partial charge in [-0.15, -0.1) is 0 Å². The van der Waals surface area contributed by atoms with E-state index in [0.29, 0.717) is 18.5 Å². The lowest BCUT2D eigenvalue weighted by Gasteiger charge is -2.36. The van der Waals surface area contributed by atoms with Gasteiger partial charge in [-0.1, -0.05) is 19.9 Å². The number of likely N-dealkylation sites (N-methyl/N-ethyl adjacent to an activating group) is 1. The third-order valence-corrected chi connectivity index (χ3v) is 4.91. The van der Waals surface area contributed by atoms with E-state index in [4.69, 9.17) is 4.99 Å². The predicted octanol–water partition coefficient (Wildman–Crippen LogP) is 2.16. The number of amides is 1. The molecule has 0 aliphatic carbocycles. The van der Waals surface area contributed by atoms with Gasteiger partial charge in [0.2, 0.25) is 5.91 Å². The first-order valence-electron chi connectivity index (χ1n) is 9.78. The van der Waals surface area contributed by atoms with Gasteiger partial charge in [-0.05, 0) is 39.4 Å². The summed E-state index contributed by atoms with van der Waals surface area (Å²) < 4.78 is 0. The Labute approximate surface area is 157 Å². The number of hydrogen-bond donors (Lipinski definition) is 1. The van der Waals surface area contributed by atoms with Crippen LogP contribution in [0.2, 0.25) is 0 Å². The van der Waals surface area contributed by atoms with Gasteiger partial charge in [0.25, 0.3) is 0 Å². The number of hydrogen-bond acceptors (Lipinski definition) is 5. The Bertz CT molecular complexity index is 597. The van der Waals surface area contributed by atoms with Gasteiger partial charge in [-0.25, -0.2) is 0 Å². The first-order valence-corrected chi connectivity index (χ1v) is 9.78. The van der Waals surface area contributed by atoms with Gasteiger partial charge in [0.15, 0.2) is 5.84 Å². The summed E-state index contributed by atoms with van der Waals surface area (Å²) in [7, 11) is 2.07. The normalized spacial score (nSPS) is 23.0. The van der Waals surface area contributed by atoms with E-state index in [9.17, 15) is 4.79 Å². The summed E-state index contributed by atoms with van der Waals surface area (Å²) >= 11 is 0. The molecule has 1 saturated heterocycles. The molecule has 144 valence electrons. The maximum absolute atomic E-state index is 12.0. The molecule has 0 radical (unpaired) electrons. The number of carbonyl (C=O) groups is 1. The fourth-order valence-corrected chi connectivity index (χ4v) is 3.35. The SMILES string of the molecule is CC.CC1N=C(c2ccccn2)N(CCCC(=O)NC2CN(C)C2)C1C. The first kappa shape index (κ1) is 20.4. The summed E-state index contributed by atoms with van der Waals surface area (Å²) in [5.41, 5.74) is 0.913. The molecular formula is C20H33N5O. The molecule has 2 unspecified atom stereocenters. The van der Waals surface area contributed by atoms with E-state index >= 15 is 0 Å². The van der Waals surface area contributed by atoms with Crippen molar-refractivity contribution in [3.63, 3.8) is 0 Å². The van der Waals surface area contributed by atoms with E-state index in [2.05, 4.69) is 41.0 Å². The highest BCUT2D eigenvalue weighted by Gasteiger charge is 2.31. The number of amidine groups is 1. The lowest BCUT2D eigenvalue weighted by molar-refractivity contribution is -0.122. The molecule has 0 bridgehead atoms. The van der Waals surface area contributed by atoms with Crippen molar-refractivity contribution < 1.29 is 4.79 Å². The van der Waals surface area contributed by atoms with Crippen molar-refractivity contribution in [3.05, 3.63) is 30.1 Å². The average Bonchev–Trinajstić information content (AvgIpc) is 2.91. The minimum absolute atomic E-state index is 0.157. The number of rotatable bonds is 6. The minimum Gasteiger partial charge on any atom is -0.351 e. The summed E-state index contributed by atoms with van der Waals surface area (Å²) in [6, 6.07) is 6.82. The van der Waals surface area contributed by atoms with Gasteiger partial charge >= 0.3 is 0 Å². The van der Waals surface area contributed by atoms with Gasteiger partial charge in [-0.2, -0.15) is 0 Å². The monoisotopic (exact) mass is 359 g/mol. The number of aromatic nitrogens is 1. The first-order chi connectivity index (χ1) is 12.5. The second kappa shape index (κ2) is 9.67. The van der Waals surface area contributed by atoms with Gasteiger partial charge in [0.05, 0.1) is 12.1 Å². The van der Waals surface area contributed by atoms with E-state index in [1.165, 1.54) is 0 Å². The van der Waals surface area contributed by atoms with Crippen LogP contribution in [0.3, 0.4) is 0 Å². The zero-order valence-corrected chi connectivity index (χ0v) is 16.8. The standard InChI is InChI=1S/C18H27N5O.C2H6/c1-13-14(2)23(18(20-13)16-7-4-5-9-19-16)10-6-8-17(24)21-15-11-22(3)12-15;1-2/h4-5,7,9,13-15H,6,8,10-12H2,1-3H3,(H,21,24);1-2H3. The third-order valence-electron chi connectivity index (χ3n) is 4.91. The maximum atomic E-state index is 12.0. The van der Waals surface area contributed by atoms with Crippen molar-refractivity contribution >= 4 is 11.7 Å². The molecule has 1 aromatic heterocycles. The molecule has 1 aromatic rings. The molecule has 1 amide bonds. The molecule has 0 spiro atoms. The van der Waals surface area contributed by atoms with E-state index in [-0.39, 0.29) is 11.9 Å². The summed E-state index contributed by atoms with van der Waals surface area (Å²) in [4.78, 5) is 25.7. The van der Waals surface area contributed by atoms with Crippen LogP contribution < -0.4 is 5.32 Å². The van der Waals surface area contributed by atoms with Crippen molar-refractivity contribution in [1.82, 2.24) is 20.1 Å². The van der Waals surface area contributed by atoms with Crippen molar-refractivity contribution in [3.8, 4) is 0 Å². The topological polar surface area (TPSA) is 60.8 Å². The second-order valence-corrected chi connectivity index (χ2v) is 6.93. The number of nitrogens with zero attached hydrogens (tertiary/aromatic N) is 4. The van der Waals surface area contributed by atoms with Gasteiger partial charge in [0.1, 0.15) is 5.69 Å². The van der Waals surface area contributed by atoms with Crippen LogP contribution in [0.5, 0.6) is 0 Å². The molecule has 3 rings (SSSR count). The van der Waals surface area contributed by atoms with Crippen LogP contribution >= 0.6 is 0 Å². The van der Waals surface area contributed by atoms with Crippen molar-refractivity contribution in [1.29, 1.82) is 0 Å². The van der Waals surface area contributed by atoms with E-state index in [1.54, 1.807) is 6.20 Å². The van der Waals surface area contributed by atoms with Crippen LogP contribution in [0.1, 0.15) is 46.2 Å². The quantitative estimate of drug-likeness (QED) is 0.845. The summed E-state index contributed by atoms with van der Waals surface area (Å²) in [5.74, 6) is 1.11. The van der Waals surface area contributed by atoms with Crippen LogP contribution in [0.4, 0.5) is 0 Å². The highest BCUT2D eigenvalue weighted by Crippen LogP contribution is 2.21. The lowest BCUT2D eigenvalue weighted by atomic mass is 10.1. The molecule has 2 aliphatic heterocycles. The Kier molecular flexibility index (Phi) is 7.57. The number of aliphatic imine (C=N–C) groups is 1. The third kappa shape index (κ3) is 5.04. The largest absolute Gasteiger partial charge is 0.351 e. The summed E-state index contributed by atoms with van der Waals surface area (Å²) in [6.07, 6.45) is 3.19. The Morgan fingerprint density at radius 3 is 2.62 bits per heavy atom.